The maximum absolute atomic E-state index is 11.2. The van der Waals surface area contributed by atoms with Gasteiger partial charge in [0.25, 0.3) is 11.6 Å². The van der Waals surface area contributed by atoms with Crippen molar-refractivity contribution in [1.29, 1.82) is 0 Å². The van der Waals surface area contributed by atoms with Crippen LogP contribution in [0.15, 0.2) is 18.3 Å². The van der Waals surface area contributed by atoms with Crippen molar-refractivity contribution >= 4 is 11.6 Å². The van der Waals surface area contributed by atoms with Crippen molar-refractivity contribution in [3.63, 3.8) is 0 Å². The van der Waals surface area contributed by atoms with Gasteiger partial charge in [-0.15, -0.1) is 0 Å². The zero-order valence-corrected chi connectivity index (χ0v) is 7.56. The van der Waals surface area contributed by atoms with Gasteiger partial charge < -0.3 is 5.32 Å². The molecule has 1 heterocycles. The van der Waals surface area contributed by atoms with E-state index in [1.165, 1.54) is 12.3 Å². The predicted molar refractivity (Wildman–Crippen MR) is 48.9 cm³/mol. The molecular formula is C8H9N3O3. The summed E-state index contributed by atoms with van der Waals surface area (Å²) >= 11 is 0. The quantitative estimate of drug-likeness (QED) is 0.569. The first-order valence-corrected chi connectivity index (χ1v) is 4.03. The summed E-state index contributed by atoms with van der Waals surface area (Å²) < 4.78 is 0. The molecule has 1 aromatic rings. The van der Waals surface area contributed by atoms with Crippen LogP contribution < -0.4 is 5.32 Å². The SMILES string of the molecule is CCNC(=O)c1cc([N+](=O)[O-])ccn1. The summed E-state index contributed by atoms with van der Waals surface area (Å²) in [4.78, 5) is 24.8. The lowest BCUT2D eigenvalue weighted by molar-refractivity contribution is -0.385. The summed E-state index contributed by atoms with van der Waals surface area (Å²) in [5, 5.41) is 12.9. The molecular weight excluding hydrogens is 186 g/mol. The lowest BCUT2D eigenvalue weighted by atomic mass is 10.3. The molecule has 0 aromatic carbocycles. The minimum absolute atomic E-state index is 0.0565. The number of carbonyl (C=O) groups excluding carboxylic acids is 1. The van der Waals surface area contributed by atoms with Crippen molar-refractivity contribution in [3.05, 3.63) is 34.1 Å². The summed E-state index contributed by atoms with van der Waals surface area (Å²) in [6, 6.07) is 2.38. The third-order valence-corrected chi connectivity index (χ3v) is 1.52. The fourth-order valence-electron chi connectivity index (χ4n) is 0.908. The van der Waals surface area contributed by atoms with Crippen molar-refractivity contribution in [2.24, 2.45) is 0 Å². The van der Waals surface area contributed by atoms with Gasteiger partial charge in [0.2, 0.25) is 0 Å². The molecule has 74 valence electrons. The number of hydrogen-bond donors (Lipinski definition) is 1. The van der Waals surface area contributed by atoms with Gasteiger partial charge in [-0.3, -0.25) is 19.9 Å². The molecule has 0 aliphatic rings. The molecule has 0 saturated heterocycles. The van der Waals surface area contributed by atoms with Gasteiger partial charge >= 0.3 is 0 Å². The Balaban J connectivity index is 2.93. The molecule has 14 heavy (non-hydrogen) atoms. The van der Waals surface area contributed by atoms with Gasteiger partial charge in [0.05, 0.1) is 4.92 Å². The van der Waals surface area contributed by atoms with Crippen LogP contribution >= 0.6 is 0 Å². The average molecular weight is 195 g/mol. The van der Waals surface area contributed by atoms with E-state index in [0.29, 0.717) is 6.54 Å². The average Bonchev–Trinajstić information content (AvgIpc) is 2.18. The first-order valence-electron chi connectivity index (χ1n) is 4.03. The smallest absolute Gasteiger partial charge is 0.273 e. The van der Waals surface area contributed by atoms with Crippen LogP contribution in [0.25, 0.3) is 0 Å². The van der Waals surface area contributed by atoms with Crippen molar-refractivity contribution in [2.75, 3.05) is 6.54 Å². The monoisotopic (exact) mass is 195 g/mol. The van der Waals surface area contributed by atoms with Crippen molar-refractivity contribution in [1.82, 2.24) is 10.3 Å². The standard InChI is InChI=1S/C8H9N3O3/c1-2-9-8(12)7-5-6(11(13)14)3-4-10-7/h3-5H,2H2,1H3,(H,9,12). The topological polar surface area (TPSA) is 85.1 Å². The van der Waals surface area contributed by atoms with Crippen LogP contribution in [0.3, 0.4) is 0 Å². The Morgan fingerprint density at radius 3 is 3.00 bits per heavy atom. The Kier molecular flexibility index (Phi) is 3.11. The summed E-state index contributed by atoms with van der Waals surface area (Å²) in [6.45, 7) is 2.22. The molecule has 0 radical (unpaired) electrons. The van der Waals surface area contributed by atoms with Gasteiger partial charge in [-0.25, -0.2) is 0 Å². The predicted octanol–water partition coefficient (Wildman–Crippen LogP) is 0.740. The van der Waals surface area contributed by atoms with Crippen LogP contribution in [0.1, 0.15) is 17.4 Å². The highest BCUT2D eigenvalue weighted by molar-refractivity contribution is 5.92. The molecule has 0 aliphatic heterocycles. The van der Waals surface area contributed by atoms with Gasteiger partial charge in [-0.1, -0.05) is 0 Å². The molecule has 0 saturated carbocycles. The van der Waals surface area contributed by atoms with Crippen LogP contribution in [-0.4, -0.2) is 22.4 Å². The maximum atomic E-state index is 11.2. The summed E-state index contributed by atoms with van der Waals surface area (Å²) in [7, 11) is 0. The van der Waals surface area contributed by atoms with Crippen LogP contribution in [0, 0.1) is 10.1 Å². The highest BCUT2D eigenvalue weighted by Gasteiger charge is 2.11. The molecule has 1 rings (SSSR count). The van der Waals surface area contributed by atoms with E-state index >= 15 is 0 Å². The Bertz CT molecular complexity index is 365. The number of nitrogens with one attached hydrogen (secondary N) is 1. The molecule has 0 atom stereocenters. The minimum atomic E-state index is -0.565. The summed E-state index contributed by atoms with van der Waals surface area (Å²) in [5.41, 5.74) is -0.0812. The molecule has 0 bridgehead atoms. The number of hydrogen-bond acceptors (Lipinski definition) is 4. The zero-order chi connectivity index (χ0) is 10.6. The Morgan fingerprint density at radius 2 is 2.43 bits per heavy atom. The Hall–Kier alpha value is -1.98. The molecule has 1 N–H and O–H groups in total. The van der Waals surface area contributed by atoms with Crippen molar-refractivity contribution in [3.8, 4) is 0 Å². The minimum Gasteiger partial charge on any atom is -0.351 e. The van der Waals surface area contributed by atoms with E-state index in [2.05, 4.69) is 10.3 Å². The molecule has 6 heteroatoms. The lowest BCUT2D eigenvalue weighted by Crippen LogP contribution is -2.23. The van der Waals surface area contributed by atoms with Crippen molar-refractivity contribution < 1.29 is 9.72 Å². The van der Waals surface area contributed by atoms with Crippen LogP contribution in [0.5, 0.6) is 0 Å². The first-order chi connectivity index (χ1) is 6.65. The van der Waals surface area contributed by atoms with E-state index < -0.39 is 10.8 Å². The second-order valence-corrected chi connectivity index (χ2v) is 2.52. The van der Waals surface area contributed by atoms with Gasteiger partial charge in [-0.2, -0.15) is 0 Å². The Labute approximate surface area is 80.1 Å². The number of nitro groups is 1. The lowest BCUT2D eigenvalue weighted by Gasteiger charge is -1.99. The van der Waals surface area contributed by atoms with E-state index in [1.807, 2.05) is 0 Å². The van der Waals surface area contributed by atoms with Gasteiger partial charge in [0.1, 0.15) is 5.69 Å². The van der Waals surface area contributed by atoms with E-state index in [-0.39, 0.29) is 11.4 Å². The number of aromatic nitrogens is 1. The third-order valence-electron chi connectivity index (χ3n) is 1.52. The van der Waals surface area contributed by atoms with E-state index in [9.17, 15) is 14.9 Å². The molecule has 6 nitrogen and oxygen atoms in total. The first kappa shape index (κ1) is 10.1. The van der Waals surface area contributed by atoms with Crippen LogP contribution in [0.2, 0.25) is 0 Å². The fraction of sp³-hybridized carbons (Fsp3) is 0.250. The molecule has 0 spiro atoms. The summed E-state index contributed by atoms with van der Waals surface area (Å²) in [5.74, 6) is -0.406. The van der Waals surface area contributed by atoms with Gasteiger partial charge in [0.15, 0.2) is 0 Å². The van der Waals surface area contributed by atoms with Gasteiger partial charge in [-0.05, 0) is 6.92 Å². The van der Waals surface area contributed by atoms with Crippen LogP contribution in [0.4, 0.5) is 5.69 Å². The molecule has 0 fully saturated rings. The number of nitrogens with zero attached hydrogens (tertiary/aromatic N) is 2. The van der Waals surface area contributed by atoms with E-state index in [1.54, 1.807) is 6.92 Å². The molecule has 1 amide bonds. The van der Waals surface area contributed by atoms with E-state index in [0.717, 1.165) is 6.07 Å². The van der Waals surface area contributed by atoms with Gasteiger partial charge in [0, 0.05) is 24.9 Å². The Morgan fingerprint density at radius 1 is 1.71 bits per heavy atom. The normalized spacial score (nSPS) is 9.50. The largest absolute Gasteiger partial charge is 0.351 e. The fourth-order valence-corrected chi connectivity index (χ4v) is 0.908. The second kappa shape index (κ2) is 4.31. The molecule has 1 aromatic heterocycles. The number of rotatable bonds is 3. The highest BCUT2D eigenvalue weighted by atomic mass is 16.6. The molecule has 0 aliphatic carbocycles. The van der Waals surface area contributed by atoms with Crippen LogP contribution in [-0.2, 0) is 0 Å². The number of carbonyl (C=O) groups is 1. The number of pyridine rings is 1. The van der Waals surface area contributed by atoms with Crippen molar-refractivity contribution in [2.45, 2.75) is 6.92 Å². The zero-order valence-electron chi connectivity index (χ0n) is 7.56. The van der Waals surface area contributed by atoms with E-state index in [4.69, 9.17) is 0 Å². The third kappa shape index (κ3) is 2.25. The summed E-state index contributed by atoms with van der Waals surface area (Å²) in [6.07, 6.45) is 1.24. The number of amides is 1. The maximum Gasteiger partial charge on any atom is 0.273 e. The highest BCUT2D eigenvalue weighted by Crippen LogP contribution is 2.10. The molecule has 0 unspecified atom stereocenters. The second-order valence-electron chi connectivity index (χ2n) is 2.52.